The number of hydrogen-bond acceptors (Lipinski definition) is 4. The van der Waals surface area contributed by atoms with Gasteiger partial charge in [0.15, 0.2) is 0 Å². The molecule has 0 aliphatic rings. The SMILES string of the molecule is Cc1c(NC(=O)c2cccc(Cl)c2C(=O)N[C@H](C)CS(C)(=O)=O)cccc1C(F)(C(F)(F)F)C(F)(F)F. The summed E-state index contributed by atoms with van der Waals surface area (Å²) in [6.07, 6.45) is -11.8. The van der Waals surface area contributed by atoms with Crippen molar-refractivity contribution in [2.45, 2.75) is 37.9 Å². The minimum absolute atomic E-state index is 0.251. The van der Waals surface area contributed by atoms with Crippen molar-refractivity contribution in [1.29, 1.82) is 0 Å². The van der Waals surface area contributed by atoms with Gasteiger partial charge in [0.25, 0.3) is 11.8 Å². The van der Waals surface area contributed by atoms with Gasteiger partial charge in [-0.15, -0.1) is 0 Å². The average Bonchev–Trinajstić information content (AvgIpc) is 2.71. The first-order chi connectivity index (χ1) is 16.7. The maximum Gasteiger partial charge on any atom is 0.435 e. The summed E-state index contributed by atoms with van der Waals surface area (Å²) in [6, 6.07) is 4.61. The molecule has 15 heteroatoms. The quantitative estimate of drug-likeness (QED) is 0.435. The van der Waals surface area contributed by atoms with Gasteiger partial charge >= 0.3 is 18.0 Å². The highest BCUT2D eigenvalue weighted by Gasteiger charge is 2.74. The van der Waals surface area contributed by atoms with Crippen LogP contribution in [0.2, 0.25) is 5.02 Å². The largest absolute Gasteiger partial charge is 0.435 e. The van der Waals surface area contributed by atoms with Crippen molar-refractivity contribution in [2.24, 2.45) is 0 Å². The Bertz CT molecular complexity index is 1300. The summed E-state index contributed by atoms with van der Waals surface area (Å²) in [6.45, 7) is 2.13. The lowest BCUT2D eigenvalue weighted by Crippen LogP contribution is -2.50. The van der Waals surface area contributed by atoms with E-state index in [9.17, 15) is 48.7 Å². The number of carbonyl (C=O) groups excluding carboxylic acids is 2. The van der Waals surface area contributed by atoms with Crippen LogP contribution < -0.4 is 10.6 Å². The van der Waals surface area contributed by atoms with E-state index < -0.39 is 79.4 Å². The van der Waals surface area contributed by atoms with Crippen LogP contribution in [0.3, 0.4) is 0 Å². The standard InChI is InChI=1S/C22H20ClF7N2O4S/c1-11(10-37(3,35)36)31-19(34)17-13(6-4-8-15(17)23)18(33)32-16-9-5-7-14(12(16)2)20(24,21(25,26)27)22(28,29)30/h4-9,11H,10H2,1-3H3,(H,31,34)(H,32,33)/t11-/m1/s1. The molecule has 37 heavy (non-hydrogen) atoms. The first-order valence-electron chi connectivity index (χ1n) is 10.2. The lowest BCUT2D eigenvalue weighted by molar-refractivity contribution is -0.348. The molecule has 2 amide bonds. The van der Waals surface area contributed by atoms with E-state index in [1.54, 1.807) is 0 Å². The number of nitrogens with one attached hydrogen (secondary N) is 2. The predicted octanol–water partition coefficient (Wildman–Crippen LogP) is 5.35. The molecule has 0 bridgehead atoms. The number of anilines is 1. The number of halogens is 8. The van der Waals surface area contributed by atoms with Crippen molar-refractivity contribution in [3.63, 3.8) is 0 Å². The van der Waals surface area contributed by atoms with Gasteiger partial charge in [0.1, 0.15) is 9.84 Å². The van der Waals surface area contributed by atoms with Crippen LogP contribution in [-0.2, 0) is 15.5 Å². The van der Waals surface area contributed by atoms with Crippen LogP contribution in [0.1, 0.15) is 38.8 Å². The molecular formula is C22H20ClF7N2O4S. The molecule has 0 unspecified atom stereocenters. The van der Waals surface area contributed by atoms with E-state index in [2.05, 4.69) is 10.6 Å². The van der Waals surface area contributed by atoms with E-state index in [1.165, 1.54) is 19.1 Å². The van der Waals surface area contributed by atoms with Crippen LogP contribution in [0.15, 0.2) is 36.4 Å². The van der Waals surface area contributed by atoms with Crippen molar-refractivity contribution in [2.75, 3.05) is 17.3 Å². The average molecular weight is 577 g/mol. The van der Waals surface area contributed by atoms with Crippen LogP contribution in [0.4, 0.5) is 36.4 Å². The zero-order chi connectivity index (χ0) is 28.6. The van der Waals surface area contributed by atoms with Gasteiger partial charge in [-0.2, -0.15) is 26.3 Å². The second-order valence-electron chi connectivity index (χ2n) is 8.22. The predicted molar refractivity (Wildman–Crippen MR) is 122 cm³/mol. The third-order valence-electron chi connectivity index (χ3n) is 5.15. The first-order valence-corrected chi connectivity index (χ1v) is 12.7. The molecule has 204 valence electrons. The molecular weight excluding hydrogens is 557 g/mol. The topological polar surface area (TPSA) is 92.3 Å². The Kier molecular flexibility index (Phi) is 8.60. The smallest absolute Gasteiger partial charge is 0.348 e. The fraction of sp³-hybridized carbons (Fsp3) is 0.364. The minimum atomic E-state index is -6.36. The van der Waals surface area contributed by atoms with E-state index in [0.29, 0.717) is 12.1 Å². The fourth-order valence-electron chi connectivity index (χ4n) is 3.54. The van der Waals surface area contributed by atoms with E-state index in [-0.39, 0.29) is 5.02 Å². The number of rotatable bonds is 7. The Balaban J connectivity index is 2.49. The van der Waals surface area contributed by atoms with E-state index in [4.69, 9.17) is 11.6 Å². The molecule has 2 aromatic carbocycles. The normalized spacial score (nSPS) is 13.7. The molecule has 1 atom stereocenters. The maximum atomic E-state index is 14.6. The summed E-state index contributed by atoms with van der Waals surface area (Å²) in [5.74, 6) is -2.57. The molecule has 0 saturated heterocycles. The summed E-state index contributed by atoms with van der Waals surface area (Å²) in [5.41, 5.74) is -9.80. The molecule has 0 saturated carbocycles. The molecule has 0 fully saturated rings. The molecule has 0 aliphatic heterocycles. The summed E-state index contributed by atoms with van der Waals surface area (Å²) in [5, 5.41) is 4.17. The van der Waals surface area contributed by atoms with Crippen LogP contribution >= 0.6 is 11.6 Å². The molecule has 0 aliphatic carbocycles. The third-order valence-corrected chi connectivity index (χ3v) is 6.57. The first kappa shape index (κ1) is 30.4. The lowest BCUT2D eigenvalue weighted by Gasteiger charge is -2.32. The second kappa shape index (κ2) is 10.5. The number of carbonyl (C=O) groups is 2. The zero-order valence-corrected chi connectivity index (χ0v) is 20.9. The number of sulfone groups is 1. The molecule has 0 heterocycles. The molecule has 2 rings (SSSR count). The Hall–Kier alpha value is -2.87. The van der Waals surface area contributed by atoms with Crippen molar-refractivity contribution in [3.8, 4) is 0 Å². The summed E-state index contributed by atoms with van der Waals surface area (Å²) in [7, 11) is -3.49. The third kappa shape index (κ3) is 6.53. The molecule has 2 aromatic rings. The van der Waals surface area contributed by atoms with Gasteiger partial charge in [0.2, 0.25) is 0 Å². The van der Waals surface area contributed by atoms with Crippen LogP contribution in [0.5, 0.6) is 0 Å². The summed E-state index contributed by atoms with van der Waals surface area (Å²) < 4.78 is 117. The lowest BCUT2D eigenvalue weighted by atomic mass is 9.89. The highest BCUT2D eigenvalue weighted by atomic mass is 35.5. The zero-order valence-electron chi connectivity index (χ0n) is 19.3. The summed E-state index contributed by atoms with van der Waals surface area (Å²) in [4.78, 5) is 25.7. The number of amides is 2. The fourth-order valence-corrected chi connectivity index (χ4v) is 4.79. The van der Waals surface area contributed by atoms with E-state index in [0.717, 1.165) is 25.3 Å². The van der Waals surface area contributed by atoms with E-state index in [1.807, 2.05) is 0 Å². The monoisotopic (exact) mass is 576 g/mol. The van der Waals surface area contributed by atoms with Gasteiger partial charge in [-0.1, -0.05) is 29.8 Å². The number of alkyl halides is 7. The molecule has 2 N–H and O–H groups in total. The van der Waals surface area contributed by atoms with Crippen LogP contribution in [-0.4, -0.2) is 50.6 Å². The van der Waals surface area contributed by atoms with Crippen LogP contribution in [0, 0.1) is 6.92 Å². The Labute approximate surface area is 212 Å². The van der Waals surface area contributed by atoms with Gasteiger partial charge in [0.05, 0.1) is 21.9 Å². The number of hydrogen-bond donors (Lipinski definition) is 2. The van der Waals surface area contributed by atoms with E-state index >= 15 is 0 Å². The number of benzene rings is 2. The van der Waals surface area contributed by atoms with Crippen LogP contribution in [0.25, 0.3) is 0 Å². The highest BCUT2D eigenvalue weighted by molar-refractivity contribution is 7.90. The van der Waals surface area contributed by atoms with Gasteiger partial charge in [0, 0.05) is 23.5 Å². The van der Waals surface area contributed by atoms with Gasteiger partial charge < -0.3 is 10.6 Å². The Morgan fingerprint density at radius 1 is 0.946 bits per heavy atom. The van der Waals surface area contributed by atoms with Crippen molar-refractivity contribution < 1.29 is 48.7 Å². The van der Waals surface area contributed by atoms with Crippen molar-refractivity contribution in [3.05, 3.63) is 63.7 Å². The van der Waals surface area contributed by atoms with Gasteiger partial charge in [-0.25, -0.2) is 12.8 Å². The Morgan fingerprint density at radius 2 is 1.49 bits per heavy atom. The van der Waals surface area contributed by atoms with Crippen molar-refractivity contribution >= 4 is 38.9 Å². The molecule has 6 nitrogen and oxygen atoms in total. The molecule has 0 spiro atoms. The molecule has 0 radical (unpaired) electrons. The van der Waals surface area contributed by atoms with Gasteiger partial charge in [-0.05, 0) is 37.6 Å². The highest BCUT2D eigenvalue weighted by Crippen LogP contribution is 2.54. The second-order valence-corrected chi connectivity index (χ2v) is 10.8. The van der Waals surface area contributed by atoms with Gasteiger partial charge in [-0.3, -0.25) is 9.59 Å². The minimum Gasteiger partial charge on any atom is -0.348 e. The van der Waals surface area contributed by atoms with Crippen molar-refractivity contribution in [1.82, 2.24) is 5.32 Å². The maximum absolute atomic E-state index is 14.6. The molecule has 0 aromatic heterocycles. The Morgan fingerprint density at radius 3 is 2.00 bits per heavy atom. The summed E-state index contributed by atoms with van der Waals surface area (Å²) >= 11 is 6.05.